The summed E-state index contributed by atoms with van der Waals surface area (Å²) in [7, 11) is 0. The molecule has 1 heterocycles. The molecule has 0 aromatic carbocycles. The Morgan fingerprint density at radius 2 is 1.82 bits per heavy atom. The van der Waals surface area contributed by atoms with E-state index < -0.39 is 18.2 Å². The van der Waals surface area contributed by atoms with Crippen LogP contribution in [0.3, 0.4) is 0 Å². The molecule has 0 radical (unpaired) electrons. The fraction of sp³-hybridized carbons (Fsp3) is 1.00. The van der Waals surface area contributed by atoms with Crippen LogP contribution in [0.1, 0.15) is 44.9 Å². The van der Waals surface area contributed by atoms with Crippen molar-refractivity contribution in [2.24, 2.45) is 5.92 Å². The van der Waals surface area contributed by atoms with E-state index in [9.17, 15) is 18.3 Å². The lowest BCUT2D eigenvalue weighted by molar-refractivity contribution is -0.237. The number of hydrogen-bond acceptors (Lipinski definition) is 2. The first-order valence-corrected chi connectivity index (χ1v) is 6.32. The summed E-state index contributed by atoms with van der Waals surface area (Å²) >= 11 is 0. The van der Waals surface area contributed by atoms with E-state index in [1.54, 1.807) is 0 Å². The first-order chi connectivity index (χ1) is 7.93. The first-order valence-electron chi connectivity index (χ1n) is 6.32. The molecular weight excluding hydrogens is 233 g/mol. The standard InChI is InChI=1S/C12H19F3O2/c13-12(14,15)10(16)9-4-7-17-11(8-9)5-2-1-3-6-11/h9-10,16H,1-8H2. The molecule has 1 spiro atoms. The summed E-state index contributed by atoms with van der Waals surface area (Å²) in [6.07, 6.45) is -1.16. The molecule has 2 unspecified atom stereocenters. The molecule has 0 bridgehead atoms. The Balaban J connectivity index is 2.01. The number of hydrogen-bond donors (Lipinski definition) is 1. The van der Waals surface area contributed by atoms with Gasteiger partial charge in [0.2, 0.25) is 0 Å². The summed E-state index contributed by atoms with van der Waals surface area (Å²) in [6.45, 7) is 0.345. The van der Waals surface area contributed by atoms with Gasteiger partial charge in [-0.05, 0) is 31.6 Å². The highest BCUT2D eigenvalue weighted by Crippen LogP contribution is 2.43. The van der Waals surface area contributed by atoms with Gasteiger partial charge in [-0.3, -0.25) is 0 Å². The van der Waals surface area contributed by atoms with Crippen LogP contribution in [-0.4, -0.2) is 29.6 Å². The zero-order chi connectivity index (χ0) is 12.5. The molecule has 2 fully saturated rings. The molecule has 2 rings (SSSR count). The Labute approximate surface area is 99.1 Å². The number of aliphatic hydroxyl groups is 1. The van der Waals surface area contributed by atoms with Gasteiger partial charge in [0.05, 0.1) is 5.60 Å². The highest BCUT2D eigenvalue weighted by atomic mass is 19.4. The number of alkyl halides is 3. The topological polar surface area (TPSA) is 29.5 Å². The van der Waals surface area contributed by atoms with Crippen LogP contribution in [0.4, 0.5) is 13.2 Å². The Kier molecular flexibility index (Phi) is 3.69. The van der Waals surface area contributed by atoms with E-state index >= 15 is 0 Å². The second-order valence-corrected chi connectivity index (χ2v) is 5.33. The molecule has 1 aliphatic carbocycles. The Hall–Kier alpha value is -0.290. The highest BCUT2D eigenvalue weighted by molar-refractivity contribution is 4.92. The maximum Gasteiger partial charge on any atom is 0.414 e. The van der Waals surface area contributed by atoms with E-state index in [-0.39, 0.29) is 5.60 Å². The summed E-state index contributed by atoms with van der Waals surface area (Å²) in [5, 5.41) is 9.34. The average Bonchev–Trinajstić information content (AvgIpc) is 2.28. The van der Waals surface area contributed by atoms with Crippen molar-refractivity contribution >= 4 is 0 Å². The summed E-state index contributed by atoms with van der Waals surface area (Å²) in [4.78, 5) is 0. The lowest BCUT2D eigenvalue weighted by Gasteiger charge is -2.44. The van der Waals surface area contributed by atoms with Gasteiger partial charge >= 0.3 is 6.18 Å². The second kappa shape index (κ2) is 4.76. The second-order valence-electron chi connectivity index (χ2n) is 5.33. The van der Waals surface area contributed by atoms with Gasteiger partial charge in [-0.25, -0.2) is 0 Å². The largest absolute Gasteiger partial charge is 0.414 e. The van der Waals surface area contributed by atoms with Gasteiger partial charge < -0.3 is 9.84 Å². The van der Waals surface area contributed by atoms with Crippen molar-refractivity contribution < 1.29 is 23.0 Å². The van der Waals surface area contributed by atoms with E-state index in [1.807, 2.05) is 0 Å². The van der Waals surface area contributed by atoms with Crippen molar-refractivity contribution in [3.8, 4) is 0 Å². The Morgan fingerprint density at radius 3 is 2.41 bits per heavy atom. The van der Waals surface area contributed by atoms with Crippen molar-refractivity contribution in [2.45, 2.75) is 62.8 Å². The molecule has 2 atom stereocenters. The molecule has 1 aliphatic heterocycles. The molecule has 0 aromatic heterocycles. The maximum atomic E-state index is 12.5. The zero-order valence-corrected chi connectivity index (χ0v) is 9.80. The first kappa shape index (κ1) is 13.1. The molecule has 0 aromatic rings. The van der Waals surface area contributed by atoms with Crippen molar-refractivity contribution in [3.05, 3.63) is 0 Å². The van der Waals surface area contributed by atoms with Crippen LogP contribution in [0.2, 0.25) is 0 Å². The SMILES string of the molecule is OC(C1CCOC2(CCCCC2)C1)C(F)(F)F. The van der Waals surface area contributed by atoms with Gasteiger partial charge in [-0.2, -0.15) is 13.2 Å². The fourth-order valence-corrected chi connectivity index (χ4v) is 3.15. The molecule has 5 heteroatoms. The molecule has 17 heavy (non-hydrogen) atoms. The van der Waals surface area contributed by atoms with Gasteiger partial charge in [-0.15, -0.1) is 0 Å². The van der Waals surface area contributed by atoms with Gasteiger partial charge in [0, 0.05) is 6.61 Å². The van der Waals surface area contributed by atoms with E-state index in [0.717, 1.165) is 32.1 Å². The average molecular weight is 252 g/mol. The lowest BCUT2D eigenvalue weighted by Crippen LogP contribution is -2.47. The molecular formula is C12H19F3O2. The van der Waals surface area contributed by atoms with Crippen LogP contribution in [0, 0.1) is 5.92 Å². The maximum absolute atomic E-state index is 12.5. The third-order valence-electron chi connectivity index (χ3n) is 4.08. The molecule has 2 aliphatic rings. The Morgan fingerprint density at radius 1 is 1.18 bits per heavy atom. The predicted octanol–water partition coefficient (Wildman–Crippen LogP) is 3.04. The van der Waals surface area contributed by atoms with Gasteiger partial charge in [0.1, 0.15) is 0 Å². The number of ether oxygens (including phenoxy) is 1. The molecule has 1 saturated heterocycles. The Bertz CT molecular complexity index is 253. The fourth-order valence-electron chi connectivity index (χ4n) is 3.15. The highest BCUT2D eigenvalue weighted by Gasteiger charge is 2.48. The van der Waals surface area contributed by atoms with Gasteiger partial charge in [0.15, 0.2) is 6.10 Å². The molecule has 100 valence electrons. The van der Waals surface area contributed by atoms with Crippen LogP contribution in [-0.2, 0) is 4.74 Å². The predicted molar refractivity (Wildman–Crippen MR) is 56.6 cm³/mol. The van der Waals surface area contributed by atoms with Crippen LogP contribution >= 0.6 is 0 Å². The van der Waals surface area contributed by atoms with E-state index in [1.165, 1.54) is 0 Å². The third-order valence-corrected chi connectivity index (χ3v) is 4.08. The van der Waals surface area contributed by atoms with E-state index in [0.29, 0.717) is 19.4 Å². The molecule has 2 nitrogen and oxygen atoms in total. The normalized spacial score (nSPS) is 31.4. The minimum Gasteiger partial charge on any atom is -0.383 e. The van der Waals surface area contributed by atoms with Crippen molar-refractivity contribution in [1.82, 2.24) is 0 Å². The minimum absolute atomic E-state index is 0.308. The summed E-state index contributed by atoms with van der Waals surface area (Å²) < 4.78 is 43.2. The van der Waals surface area contributed by atoms with Crippen LogP contribution in [0.5, 0.6) is 0 Å². The van der Waals surface area contributed by atoms with Gasteiger partial charge in [-0.1, -0.05) is 19.3 Å². The van der Waals surface area contributed by atoms with Gasteiger partial charge in [0.25, 0.3) is 0 Å². The number of rotatable bonds is 1. The summed E-state index contributed by atoms with van der Waals surface area (Å²) in [5.74, 6) is -0.693. The van der Waals surface area contributed by atoms with Crippen molar-refractivity contribution in [1.29, 1.82) is 0 Å². The quantitative estimate of drug-likeness (QED) is 0.777. The summed E-state index contributed by atoms with van der Waals surface area (Å²) in [6, 6.07) is 0. The lowest BCUT2D eigenvalue weighted by atomic mass is 9.74. The van der Waals surface area contributed by atoms with Crippen LogP contribution in [0.25, 0.3) is 0 Å². The number of halogens is 3. The van der Waals surface area contributed by atoms with Crippen LogP contribution < -0.4 is 0 Å². The van der Waals surface area contributed by atoms with E-state index in [4.69, 9.17) is 4.74 Å². The zero-order valence-electron chi connectivity index (χ0n) is 9.80. The van der Waals surface area contributed by atoms with Crippen molar-refractivity contribution in [2.75, 3.05) is 6.61 Å². The smallest absolute Gasteiger partial charge is 0.383 e. The minimum atomic E-state index is -4.50. The summed E-state index contributed by atoms with van der Waals surface area (Å²) in [5.41, 5.74) is -0.382. The third kappa shape index (κ3) is 2.94. The molecule has 0 amide bonds. The van der Waals surface area contributed by atoms with E-state index in [2.05, 4.69) is 0 Å². The molecule has 1 saturated carbocycles. The van der Waals surface area contributed by atoms with Crippen LogP contribution in [0.15, 0.2) is 0 Å². The monoisotopic (exact) mass is 252 g/mol. The van der Waals surface area contributed by atoms with Crippen molar-refractivity contribution in [3.63, 3.8) is 0 Å². The number of aliphatic hydroxyl groups excluding tert-OH is 1. The molecule has 1 N–H and O–H groups in total.